The summed E-state index contributed by atoms with van der Waals surface area (Å²) in [4.78, 5) is 50.8. The van der Waals surface area contributed by atoms with Gasteiger partial charge in [0, 0.05) is 31.2 Å². The normalized spacial score (nSPS) is 12.6. The third-order valence-electron chi connectivity index (χ3n) is 5.60. The van der Waals surface area contributed by atoms with Crippen molar-refractivity contribution in [1.82, 2.24) is 5.32 Å². The van der Waals surface area contributed by atoms with Crippen molar-refractivity contribution in [3.8, 4) is 0 Å². The molecule has 0 saturated heterocycles. The molecular formula is C30H55NO7. The first-order valence-corrected chi connectivity index (χ1v) is 14.2. The van der Waals surface area contributed by atoms with Crippen LogP contribution >= 0.6 is 0 Å². The first-order valence-electron chi connectivity index (χ1n) is 14.2. The number of nitrogens with one attached hydrogen (secondary N) is 1. The maximum atomic E-state index is 13.1. The minimum atomic E-state index is -0.967. The molecule has 0 heterocycles. The second-order valence-electron chi connectivity index (χ2n) is 13.3. The molecule has 0 aromatic heterocycles. The lowest BCUT2D eigenvalue weighted by Gasteiger charge is -2.36. The Kier molecular flexibility index (Phi) is 15.2. The number of carbonyl (C=O) groups excluding carboxylic acids is 4. The zero-order valence-electron chi connectivity index (χ0n) is 25.8. The Balaban J connectivity index is 5.80. The summed E-state index contributed by atoms with van der Waals surface area (Å²) in [7, 11) is 0. The fraction of sp³-hybridized carbons (Fsp3) is 0.867. The molecule has 0 atom stereocenters. The van der Waals surface area contributed by atoms with E-state index >= 15 is 0 Å². The molecule has 8 nitrogen and oxygen atoms in total. The zero-order chi connectivity index (χ0) is 29.6. The number of carbonyl (C=O) groups is 4. The van der Waals surface area contributed by atoms with E-state index in [1.54, 1.807) is 62.3 Å². The first kappa shape index (κ1) is 35.9. The van der Waals surface area contributed by atoms with Crippen LogP contribution in [-0.2, 0) is 33.4 Å². The summed E-state index contributed by atoms with van der Waals surface area (Å²) in [5.41, 5.74) is -2.90. The molecule has 1 N–H and O–H groups in total. The fourth-order valence-corrected chi connectivity index (χ4v) is 4.01. The van der Waals surface area contributed by atoms with Gasteiger partial charge in [0.1, 0.15) is 16.8 Å². The number of amides is 1. The number of unbranched alkanes of at least 4 members (excludes halogenated alkanes) is 4. The van der Waals surface area contributed by atoms with Crippen molar-refractivity contribution in [3.63, 3.8) is 0 Å². The first-order chi connectivity index (χ1) is 17.3. The van der Waals surface area contributed by atoms with Gasteiger partial charge in [-0.3, -0.25) is 19.2 Å². The van der Waals surface area contributed by atoms with Crippen LogP contribution < -0.4 is 5.32 Å². The van der Waals surface area contributed by atoms with E-state index in [2.05, 4.69) is 12.2 Å². The Morgan fingerprint density at radius 3 is 1.18 bits per heavy atom. The van der Waals surface area contributed by atoms with Gasteiger partial charge < -0.3 is 19.5 Å². The van der Waals surface area contributed by atoms with Crippen LogP contribution in [0.25, 0.3) is 0 Å². The average molecular weight is 542 g/mol. The monoisotopic (exact) mass is 541 g/mol. The predicted octanol–water partition coefficient (Wildman–Crippen LogP) is 6.57. The minimum absolute atomic E-state index is 0.0384. The van der Waals surface area contributed by atoms with E-state index < -0.39 is 40.2 Å². The van der Waals surface area contributed by atoms with Gasteiger partial charge in [0.15, 0.2) is 0 Å². The standard InChI is InChI=1S/C30H55NO7/c1-11-12-13-14-15-16-23(32)31-30(20-17-24(33)36-27(2,3)4,21-18-25(34)37-28(5,6)7)22-19-26(35)38-29(8,9)10/h11-22H2,1-10H3,(H,31,32). The molecule has 222 valence electrons. The third-order valence-corrected chi connectivity index (χ3v) is 5.60. The highest BCUT2D eigenvalue weighted by atomic mass is 16.6. The molecule has 0 aromatic rings. The van der Waals surface area contributed by atoms with Crippen molar-refractivity contribution in [3.05, 3.63) is 0 Å². The highest BCUT2D eigenvalue weighted by molar-refractivity contribution is 5.78. The fourth-order valence-electron chi connectivity index (χ4n) is 4.01. The van der Waals surface area contributed by atoms with Crippen LogP contribution in [0.2, 0.25) is 0 Å². The van der Waals surface area contributed by atoms with Crippen LogP contribution in [0, 0.1) is 0 Å². The highest BCUT2D eigenvalue weighted by Crippen LogP contribution is 2.29. The van der Waals surface area contributed by atoms with Crippen LogP contribution in [0.15, 0.2) is 0 Å². The predicted molar refractivity (Wildman–Crippen MR) is 149 cm³/mol. The van der Waals surface area contributed by atoms with E-state index in [1.807, 2.05) is 0 Å². The lowest BCUT2D eigenvalue weighted by atomic mass is 9.83. The summed E-state index contributed by atoms with van der Waals surface area (Å²) in [5.74, 6) is -1.35. The Morgan fingerprint density at radius 2 is 0.868 bits per heavy atom. The third kappa shape index (κ3) is 19.9. The molecular weight excluding hydrogens is 486 g/mol. The average Bonchev–Trinajstić information content (AvgIpc) is 2.71. The minimum Gasteiger partial charge on any atom is -0.460 e. The van der Waals surface area contributed by atoms with Crippen molar-refractivity contribution in [2.45, 2.75) is 169 Å². The number of ether oxygens (including phenoxy) is 3. The van der Waals surface area contributed by atoms with E-state index in [0.29, 0.717) is 6.42 Å². The Hall–Kier alpha value is -2.12. The summed E-state index contributed by atoms with van der Waals surface area (Å²) in [6, 6.07) is 0. The summed E-state index contributed by atoms with van der Waals surface area (Å²) in [6.07, 6.45) is 6.20. The van der Waals surface area contributed by atoms with Gasteiger partial charge in [-0.05, 0) is 88.0 Å². The number of rotatable bonds is 16. The van der Waals surface area contributed by atoms with Crippen LogP contribution in [-0.4, -0.2) is 46.2 Å². The number of hydrogen-bond acceptors (Lipinski definition) is 7. The van der Waals surface area contributed by atoms with E-state index in [4.69, 9.17) is 14.2 Å². The van der Waals surface area contributed by atoms with Crippen molar-refractivity contribution < 1.29 is 33.4 Å². The molecule has 0 radical (unpaired) electrons. The molecule has 0 aliphatic carbocycles. The molecule has 0 unspecified atom stereocenters. The molecule has 38 heavy (non-hydrogen) atoms. The molecule has 0 aliphatic heterocycles. The van der Waals surface area contributed by atoms with Gasteiger partial charge in [0.05, 0.1) is 0 Å². The topological polar surface area (TPSA) is 108 Å². The lowest BCUT2D eigenvalue weighted by Crippen LogP contribution is -2.50. The molecule has 0 bridgehead atoms. The van der Waals surface area contributed by atoms with Gasteiger partial charge in [-0.1, -0.05) is 32.6 Å². The van der Waals surface area contributed by atoms with Crippen LogP contribution in [0.1, 0.15) is 146 Å². The van der Waals surface area contributed by atoms with E-state index in [1.165, 1.54) is 0 Å². The van der Waals surface area contributed by atoms with Crippen molar-refractivity contribution >= 4 is 23.8 Å². The molecule has 0 aromatic carbocycles. The molecule has 0 aliphatic rings. The molecule has 0 saturated carbocycles. The Labute approximate surface area is 231 Å². The summed E-state index contributed by atoms with van der Waals surface area (Å²) < 4.78 is 16.5. The summed E-state index contributed by atoms with van der Waals surface area (Å²) >= 11 is 0. The number of hydrogen-bond donors (Lipinski definition) is 1. The smallest absolute Gasteiger partial charge is 0.306 e. The molecule has 0 rings (SSSR count). The largest absolute Gasteiger partial charge is 0.460 e. The van der Waals surface area contributed by atoms with E-state index in [9.17, 15) is 19.2 Å². The second kappa shape index (κ2) is 16.1. The van der Waals surface area contributed by atoms with Gasteiger partial charge in [-0.2, -0.15) is 0 Å². The molecule has 0 spiro atoms. The van der Waals surface area contributed by atoms with E-state index in [0.717, 1.165) is 32.1 Å². The quantitative estimate of drug-likeness (QED) is 0.134. The highest BCUT2D eigenvalue weighted by Gasteiger charge is 2.35. The van der Waals surface area contributed by atoms with Crippen molar-refractivity contribution in [2.24, 2.45) is 0 Å². The molecule has 8 heteroatoms. The Bertz CT molecular complexity index is 675. The zero-order valence-corrected chi connectivity index (χ0v) is 25.8. The van der Waals surface area contributed by atoms with Crippen LogP contribution in [0.5, 0.6) is 0 Å². The summed E-state index contributed by atoms with van der Waals surface area (Å²) in [5, 5.41) is 3.11. The van der Waals surface area contributed by atoms with Crippen LogP contribution in [0.3, 0.4) is 0 Å². The Morgan fingerprint density at radius 1 is 0.526 bits per heavy atom. The van der Waals surface area contributed by atoms with Gasteiger partial charge >= 0.3 is 17.9 Å². The van der Waals surface area contributed by atoms with Gasteiger partial charge in [-0.15, -0.1) is 0 Å². The SMILES string of the molecule is CCCCCCCC(=O)NC(CCC(=O)OC(C)(C)C)(CCC(=O)OC(C)(C)C)CCC(=O)OC(C)(C)C. The van der Waals surface area contributed by atoms with Crippen molar-refractivity contribution in [2.75, 3.05) is 0 Å². The van der Waals surface area contributed by atoms with Crippen molar-refractivity contribution in [1.29, 1.82) is 0 Å². The molecule has 1 amide bonds. The van der Waals surface area contributed by atoms with Gasteiger partial charge in [0.25, 0.3) is 0 Å². The lowest BCUT2D eigenvalue weighted by molar-refractivity contribution is -0.155. The molecule has 0 fully saturated rings. The second-order valence-corrected chi connectivity index (χ2v) is 13.3. The van der Waals surface area contributed by atoms with Gasteiger partial charge in [-0.25, -0.2) is 0 Å². The summed E-state index contributed by atoms with van der Waals surface area (Å²) in [6.45, 7) is 18.3. The van der Waals surface area contributed by atoms with E-state index in [-0.39, 0.29) is 44.4 Å². The van der Waals surface area contributed by atoms with Gasteiger partial charge in [0.2, 0.25) is 5.91 Å². The maximum absolute atomic E-state index is 13.1. The van der Waals surface area contributed by atoms with Crippen LogP contribution in [0.4, 0.5) is 0 Å². The maximum Gasteiger partial charge on any atom is 0.306 e. The number of esters is 3.